The molecule has 2 aliphatic rings. The van der Waals surface area contributed by atoms with Crippen LogP contribution in [0.4, 0.5) is 4.79 Å². The van der Waals surface area contributed by atoms with Crippen LogP contribution in [0.25, 0.3) is 11.1 Å². The number of fused-ring (bicyclic) bond motifs is 3. The number of benzene rings is 2. The van der Waals surface area contributed by atoms with E-state index in [1.54, 1.807) is 0 Å². The number of carboxylic acid groups (broad SMARTS) is 1. The Hall–Kier alpha value is -3.92. The van der Waals surface area contributed by atoms with Crippen LogP contribution in [-0.4, -0.2) is 77.4 Å². The standard InChI is InChI=1S/C25H27N3O7/c29-21(26-13-22(30)28-11-5-10-25(34,15-28)23(31)32)12-27-24(33)35-14-20-18-8-3-1-6-16(18)17-7-2-4-9-19(17)20/h1-4,6-9,20,34H,5,10-15H2,(H,26,29)(H,27,33)(H,31,32). The lowest BCUT2D eigenvalue weighted by Crippen LogP contribution is -2.56. The SMILES string of the molecule is O=C(CNC(=O)OCC1c2ccccc2-c2ccccc21)NCC(=O)N1CCCC(O)(C(=O)O)C1. The van der Waals surface area contributed by atoms with E-state index < -0.39 is 29.5 Å². The number of hydrogen-bond donors (Lipinski definition) is 4. The number of carbonyl (C=O) groups excluding carboxylic acids is 3. The summed E-state index contributed by atoms with van der Waals surface area (Å²) in [6, 6.07) is 15.9. The van der Waals surface area contributed by atoms with E-state index in [0.717, 1.165) is 22.3 Å². The van der Waals surface area contributed by atoms with Gasteiger partial charge in [0.1, 0.15) is 13.2 Å². The molecule has 0 aromatic heterocycles. The van der Waals surface area contributed by atoms with Crippen molar-refractivity contribution >= 4 is 23.9 Å². The number of rotatable bonds is 7. The van der Waals surface area contributed by atoms with Gasteiger partial charge in [0, 0.05) is 12.5 Å². The molecule has 2 aromatic rings. The smallest absolute Gasteiger partial charge is 0.407 e. The van der Waals surface area contributed by atoms with Crippen molar-refractivity contribution in [3.05, 3.63) is 59.7 Å². The van der Waals surface area contributed by atoms with Crippen molar-refractivity contribution in [2.75, 3.05) is 32.8 Å². The van der Waals surface area contributed by atoms with Crippen LogP contribution in [0.2, 0.25) is 0 Å². The predicted octanol–water partition coefficient (Wildman–Crippen LogP) is 1.08. The van der Waals surface area contributed by atoms with Gasteiger partial charge in [0.15, 0.2) is 5.60 Å². The predicted molar refractivity (Wildman–Crippen MR) is 124 cm³/mol. The number of nitrogens with one attached hydrogen (secondary N) is 2. The quantitative estimate of drug-likeness (QED) is 0.463. The number of aliphatic hydroxyl groups is 1. The Morgan fingerprint density at radius 2 is 1.60 bits per heavy atom. The van der Waals surface area contributed by atoms with E-state index in [1.807, 2.05) is 48.5 Å². The number of aliphatic carboxylic acids is 1. The second-order valence-corrected chi connectivity index (χ2v) is 8.71. The second kappa shape index (κ2) is 10.1. The molecule has 4 rings (SSSR count). The van der Waals surface area contributed by atoms with Gasteiger partial charge in [-0.2, -0.15) is 0 Å². The van der Waals surface area contributed by atoms with Crippen LogP contribution in [0.15, 0.2) is 48.5 Å². The van der Waals surface area contributed by atoms with E-state index in [-0.39, 0.29) is 38.6 Å². The highest BCUT2D eigenvalue weighted by molar-refractivity contribution is 5.88. The highest BCUT2D eigenvalue weighted by atomic mass is 16.5. The van der Waals surface area contributed by atoms with Gasteiger partial charge in [-0.15, -0.1) is 0 Å². The summed E-state index contributed by atoms with van der Waals surface area (Å²) >= 11 is 0. The Morgan fingerprint density at radius 3 is 2.23 bits per heavy atom. The first-order valence-corrected chi connectivity index (χ1v) is 11.4. The number of piperidine rings is 1. The first kappa shape index (κ1) is 24.2. The minimum absolute atomic E-state index is 0.0581. The molecule has 1 fully saturated rings. The van der Waals surface area contributed by atoms with Crippen molar-refractivity contribution in [2.24, 2.45) is 0 Å². The molecule has 1 aliphatic heterocycles. The third kappa shape index (κ3) is 5.27. The monoisotopic (exact) mass is 481 g/mol. The third-order valence-corrected chi connectivity index (χ3v) is 6.40. The number of carbonyl (C=O) groups is 4. The van der Waals surface area contributed by atoms with Crippen molar-refractivity contribution in [2.45, 2.75) is 24.4 Å². The van der Waals surface area contributed by atoms with Crippen molar-refractivity contribution in [3.63, 3.8) is 0 Å². The summed E-state index contributed by atoms with van der Waals surface area (Å²) < 4.78 is 5.37. The van der Waals surface area contributed by atoms with E-state index in [4.69, 9.17) is 9.84 Å². The number of carboxylic acids is 1. The van der Waals surface area contributed by atoms with Crippen molar-refractivity contribution in [1.29, 1.82) is 0 Å². The molecular weight excluding hydrogens is 454 g/mol. The van der Waals surface area contributed by atoms with Crippen molar-refractivity contribution in [1.82, 2.24) is 15.5 Å². The van der Waals surface area contributed by atoms with Gasteiger partial charge in [0.05, 0.1) is 13.1 Å². The molecule has 0 bridgehead atoms. The number of β-amino-alcohol motifs (C(OH)–C–C–N with tert-alkyl or cyclic N) is 1. The zero-order valence-electron chi connectivity index (χ0n) is 19.0. The maximum absolute atomic E-state index is 12.3. The van der Waals surface area contributed by atoms with Gasteiger partial charge in [0.2, 0.25) is 11.8 Å². The molecular formula is C25H27N3O7. The summed E-state index contributed by atoms with van der Waals surface area (Å²) in [6.45, 7) is -0.692. The Balaban J connectivity index is 1.22. The van der Waals surface area contributed by atoms with Gasteiger partial charge in [-0.1, -0.05) is 48.5 Å². The average Bonchev–Trinajstić information content (AvgIpc) is 3.18. The fourth-order valence-corrected chi connectivity index (χ4v) is 4.57. The summed E-state index contributed by atoms with van der Waals surface area (Å²) in [5.74, 6) is -2.60. The molecule has 1 unspecified atom stereocenters. The second-order valence-electron chi connectivity index (χ2n) is 8.71. The highest BCUT2D eigenvalue weighted by Gasteiger charge is 2.41. The van der Waals surface area contributed by atoms with Gasteiger partial charge >= 0.3 is 12.1 Å². The molecule has 1 atom stereocenters. The number of amides is 3. The lowest BCUT2D eigenvalue weighted by atomic mass is 9.93. The maximum atomic E-state index is 12.3. The molecule has 1 heterocycles. The van der Waals surface area contributed by atoms with Crippen LogP contribution < -0.4 is 10.6 Å². The molecule has 10 heteroatoms. The summed E-state index contributed by atoms with van der Waals surface area (Å²) in [6.07, 6.45) is -0.357. The van der Waals surface area contributed by atoms with Crippen LogP contribution in [0.5, 0.6) is 0 Å². The number of likely N-dealkylation sites (tertiary alicyclic amines) is 1. The maximum Gasteiger partial charge on any atom is 0.407 e. The molecule has 1 saturated heterocycles. The van der Waals surface area contributed by atoms with Gasteiger partial charge < -0.3 is 30.5 Å². The number of hydrogen-bond acceptors (Lipinski definition) is 6. The van der Waals surface area contributed by atoms with Crippen LogP contribution in [-0.2, 0) is 19.1 Å². The Morgan fingerprint density at radius 1 is 0.971 bits per heavy atom. The molecule has 0 saturated carbocycles. The molecule has 4 N–H and O–H groups in total. The van der Waals surface area contributed by atoms with Crippen molar-refractivity contribution < 1.29 is 34.1 Å². The van der Waals surface area contributed by atoms with Crippen LogP contribution >= 0.6 is 0 Å². The fourth-order valence-electron chi connectivity index (χ4n) is 4.57. The Bertz CT molecular complexity index is 1110. The molecule has 1 aliphatic carbocycles. The van der Waals surface area contributed by atoms with Gasteiger partial charge in [-0.25, -0.2) is 9.59 Å². The molecule has 2 aromatic carbocycles. The molecule has 0 radical (unpaired) electrons. The molecule has 35 heavy (non-hydrogen) atoms. The zero-order valence-corrected chi connectivity index (χ0v) is 19.0. The molecule has 184 valence electrons. The minimum Gasteiger partial charge on any atom is -0.479 e. The van der Waals surface area contributed by atoms with E-state index >= 15 is 0 Å². The average molecular weight is 482 g/mol. The van der Waals surface area contributed by atoms with Crippen LogP contribution in [0, 0.1) is 0 Å². The summed E-state index contributed by atoms with van der Waals surface area (Å²) in [5.41, 5.74) is 2.38. The molecule has 3 amide bonds. The van der Waals surface area contributed by atoms with Gasteiger partial charge in [0.25, 0.3) is 0 Å². The first-order chi connectivity index (χ1) is 16.8. The third-order valence-electron chi connectivity index (χ3n) is 6.40. The minimum atomic E-state index is -1.98. The number of ether oxygens (including phenoxy) is 1. The molecule has 10 nitrogen and oxygen atoms in total. The Kier molecular flexibility index (Phi) is 7.02. The van der Waals surface area contributed by atoms with Crippen LogP contribution in [0.1, 0.15) is 29.9 Å². The lowest BCUT2D eigenvalue weighted by Gasteiger charge is -2.36. The van der Waals surface area contributed by atoms with Crippen molar-refractivity contribution in [3.8, 4) is 11.1 Å². The van der Waals surface area contributed by atoms with E-state index in [2.05, 4.69) is 10.6 Å². The van der Waals surface area contributed by atoms with E-state index in [1.165, 1.54) is 4.90 Å². The van der Waals surface area contributed by atoms with E-state index in [9.17, 15) is 24.3 Å². The molecule has 0 spiro atoms. The number of alkyl carbamates (subject to hydrolysis) is 1. The highest BCUT2D eigenvalue weighted by Crippen LogP contribution is 2.44. The van der Waals surface area contributed by atoms with Gasteiger partial charge in [-0.05, 0) is 35.1 Å². The van der Waals surface area contributed by atoms with E-state index in [0.29, 0.717) is 13.0 Å². The van der Waals surface area contributed by atoms with Gasteiger partial charge in [-0.3, -0.25) is 9.59 Å². The number of nitrogens with zero attached hydrogens (tertiary/aromatic N) is 1. The van der Waals surface area contributed by atoms with Crippen LogP contribution in [0.3, 0.4) is 0 Å². The lowest BCUT2D eigenvalue weighted by molar-refractivity contribution is -0.166. The Labute approximate surface area is 201 Å². The zero-order chi connectivity index (χ0) is 25.0. The topological polar surface area (TPSA) is 145 Å². The fraction of sp³-hybridized carbons (Fsp3) is 0.360. The normalized spacial score (nSPS) is 18.8. The largest absolute Gasteiger partial charge is 0.479 e. The first-order valence-electron chi connectivity index (χ1n) is 11.4. The summed E-state index contributed by atoms with van der Waals surface area (Å²) in [5, 5.41) is 24.0. The summed E-state index contributed by atoms with van der Waals surface area (Å²) in [7, 11) is 0. The summed E-state index contributed by atoms with van der Waals surface area (Å²) in [4.78, 5) is 49.0.